The zero-order chi connectivity index (χ0) is 12.6. The Bertz CT molecular complexity index is 441. The van der Waals surface area contributed by atoms with E-state index in [2.05, 4.69) is 16.3 Å². The molecule has 2 nitrogen and oxygen atoms in total. The summed E-state index contributed by atoms with van der Waals surface area (Å²) in [4.78, 5) is 2.53. The average molecular weight is 285 g/mol. The van der Waals surface area contributed by atoms with Crippen LogP contribution in [0.5, 0.6) is 0 Å². The number of hydrogen-bond donors (Lipinski definition) is 1. The first-order valence-corrected chi connectivity index (χ1v) is 7.30. The van der Waals surface area contributed by atoms with Crippen LogP contribution in [0.15, 0.2) is 18.2 Å². The Morgan fingerprint density at radius 3 is 2.83 bits per heavy atom. The van der Waals surface area contributed by atoms with Crippen LogP contribution in [-0.2, 0) is 6.54 Å². The molecule has 3 rings (SSSR count). The van der Waals surface area contributed by atoms with Crippen molar-refractivity contribution < 1.29 is 0 Å². The SMILES string of the molecule is Clc1ccc(CN2CCC3(CCNC3)C2)cc1Cl. The van der Waals surface area contributed by atoms with Gasteiger partial charge in [-0.15, -0.1) is 0 Å². The van der Waals surface area contributed by atoms with Crippen LogP contribution in [-0.4, -0.2) is 31.1 Å². The highest BCUT2D eigenvalue weighted by Crippen LogP contribution is 2.36. The lowest BCUT2D eigenvalue weighted by Crippen LogP contribution is -2.28. The largest absolute Gasteiger partial charge is 0.316 e. The van der Waals surface area contributed by atoms with E-state index in [4.69, 9.17) is 23.2 Å². The summed E-state index contributed by atoms with van der Waals surface area (Å²) in [5, 5.41) is 4.79. The van der Waals surface area contributed by atoms with Gasteiger partial charge in [0.1, 0.15) is 0 Å². The summed E-state index contributed by atoms with van der Waals surface area (Å²) >= 11 is 12.0. The van der Waals surface area contributed by atoms with Gasteiger partial charge in [-0.3, -0.25) is 4.90 Å². The van der Waals surface area contributed by atoms with E-state index >= 15 is 0 Å². The van der Waals surface area contributed by atoms with Crippen LogP contribution >= 0.6 is 23.2 Å². The second-order valence-electron chi connectivity index (χ2n) is 5.64. The summed E-state index contributed by atoms with van der Waals surface area (Å²) in [5.41, 5.74) is 1.79. The minimum atomic E-state index is 0.538. The van der Waals surface area contributed by atoms with E-state index < -0.39 is 0 Å². The van der Waals surface area contributed by atoms with Gasteiger partial charge in [0.15, 0.2) is 0 Å². The zero-order valence-corrected chi connectivity index (χ0v) is 11.9. The molecule has 0 radical (unpaired) electrons. The van der Waals surface area contributed by atoms with Gasteiger partial charge in [-0.1, -0.05) is 29.3 Å². The van der Waals surface area contributed by atoms with Gasteiger partial charge < -0.3 is 5.32 Å². The van der Waals surface area contributed by atoms with Crippen LogP contribution in [0.25, 0.3) is 0 Å². The Hall–Kier alpha value is -0.280. The molecule has 1 spiro atoms. The number of nitrogens with zero attached hydrogens (tertiary/aromatic N) is 1. The summed E-state index contributed by atoms with van der Waals surface area (Å²) in [5.74, 6) is 0. The number of benzene rings is 1. The van der Waals surface area contributed by atoms with E-state index in [1.165, 1.54) is 44.6 Å². The van der Waals surface area contributed by atoms with Crippen molar-refractivity contribution in [3.8, 4) is 0 Å². The third-order valence-corrected chi connectivity index (χ3v) is 4.98. The van der Waals surface area contributed by atoms with Gasteiger partial charge >= 0.3 is 0 Å². The number of likely N-dealkylation sites (tertiary alicyclic amines) is 1. The van der Waals surface area contributed by atoms with E-state index in [1.54, 1.807) is 0 Å². The molecule has 1 N–H and O–H groups in total. The molecule has 4 heteroatoms. The van der Waals surface area contributed by atoms with Gasteiger partial charge in [0.05, 0.1) is 10.0 Å². The average Bonchev–Trinajstić information content (AvgIpc) is 2.96. The number of rotatable bonds is 2. The van der Waals surface area contributed by atoms with Crippen molar-refractivity contribution >= 4 is 23.2 Å². The van der Waals surface area contributed by atoms with E-state index in [0.29, 0.717) is 15.5 Å². The van der Waals surface area contributed by atoms with Gasteiger partial charge in [-0.05, 0) is 49.0 Å². The fourth-order valence-electron chi connectivity index (χ4n) is 3.20. The van der Waals surface area contributed by atoms with E-state index in [9.17, 15) is 0 Å². The van der Waals surface area contributed by atoms with Crippen molar-refractivity contribution in [3.63, 3.8) is 0 Å². The van der Waals surface area contributed by atoms with Crippen molar-refractivity contribution in [3.05, 3.63) is 33.8 Å². The molecule has 1 aromatic rings. The molecular weight excluding hydrogens is 267 g/mol. The van der Waals surface area contributed by atoms with Gasteiger partial charge in [0.25, 0.3) is 0 Å². The Morgan fingerprint density at radius 1 is 1.22 bits per heavy atom. The predicted molar refractivity (Wildman–Crippen MR) is 76.3 cm³/mol. The molecule has 0 aromatic heterocycles. The maximum Gasteiger partial charge on any atom is 0.0595 e. The van der Waals surface area contributed by atoms with E-state index in [1.807, 2.05) is 12.1 Å². The molecule has 0 bridgehead atoms. The van der Waals surface area contributed by atoms with Gasteiger partial charge in [0.2, 0.25) is 0 Å². The maximum atomic E-state index is 6.06. The van der Waals surface area contributed by atoms with Gasteiger partial charge in [-0.2, -0.15) is 0 Å². The van der Waals surface area contributed by atoms with Crippen molar-refractivity contribution in [2.24, 2.45) is 5.41 Å². The molecule has 2 aliphatic heterocycles. The highest BCUT2D eigenvalue weighted by Gasteiger charge is 2.39. The smallest absolute Gasteiger partial charge is 0.0595 e. The molecule has 2 saturated heterocycles. The van der Waals surface area contributed by atoms with Crippen LogP contribution in [0.4, 0.5) is 0 Å². The number of nitrogens with one attached hydrogen (secondary N) is 1. The second-order valence-corrected chi connectivity index (χ2v) is 6.45. The van der Waals surface area contributed by atoms with E-state index in [0.717, 1.165) is 6.54 Å². The van der Waals surface area contributed by atoms with Crippen molar-refractivity contribution in [2.75, 3.05) is 26.2 Å². The molecule has 0 amide bonds. The monoisotopic (exact) mass is 284 g/mol. The Kier molecular flexibility index (Phi) is 3.55. The van der Waals surface area contributed by atoms with Crippen molar-refractivity contribution in [2.45, 2.75) is 19.4 Å². The molecule has 0 aliphatic carbocycles. The topological polar surface area (TPSA) is 15.3 Å². The second kappa shape index (κ2) is 5.01. The fourth-order valence-corrected chi connectivity index (χ4v) is 3.52. The number of hydrogen-bond acceptors (Lipinski definition) is 2. The first-order chi connectivity index (χ1) is 8.67. The van der Waals surface area contributed by atoms with Crippen LogP contribution in [0.1, 0.15) is 18.4 Å². The maximum absolute atomic E-state index is 6.06. The molecule has 0 saturated carbocycles. The standard InChI is InChI=1S/C14H18Cl2N2/c15-12-2-1-11(7-13(12)16)8-18-6-4-14(10-18)3-5-17-9-14/h1-2,7,17H,3-6,8-10H2. The molecule has 1 unspecified atom stereocenters. The lowest BCUT2D eigenvalue weighted by Gasteiger charge is -2.22. The third kappa shape index (κ3) is 2.53. The van der Waals surface area contributed by atoms with Crippen LogP contribution < -0.4 is 5.32 Å². The Balaban J connectivity index is 1.65. The molecule has 1 aromatic carbocycles. The van der Waals surface area contributed by atoms with Crippen molar-refractivity contribution in [1.82, 2.24) is 10.2 Å². The normalized spacial score (nSPS) is 28.3. The Morgan fingerprint density at radius 2 is 2.11 bits per heavy atom. The fraction of sp³-hybridized carbons (Fsp3) is 0.571. The van der Waals surface area contributed by atoms with Crippen LogP contribution in [0.2, 0.25) is 10.0 Å². The van der Waals surface area contributed by atoms with Crippen LogP contribution in [0, 0.1) is 5.41 Å². The summed E-state index contributed by atoms with van der Waals surface area (Å²) in [6.45, 7) is 5.76. The molecule has 2 fully saturated rings. The lowest BCUT2D eigenvalue weighted by molar-refractivity contribution is 0.268. The first-order valence-electron chi connectivity index (χ1n) is 6.54. The molecule has 1 atom stereocenters. The first kappa shape index (κ1) is 12.7. The summed E-state index contributed by atoms with van der Waals surface area (Å²) in [6.07, 6.45) is 2.65. The number of halogens is 2. The minimum absolute atomic E-state index is 0.538. The predicted octanol–water partition coefficient (Wildman–Crippen LogP) is 3.18. The quantitative estimate of drug-likeness (QED) is 0.897. The molecule has 2 heterocycles. The van der Waals surface area contributed by atoms with Gasteiger partial charge in [0, 0.05) is 19.6 Å². The summed E-state index contributed by atoms with van der Waals surface area (Å²) < 4.78 is 0. The van der Waals surface area contributed by atoms with Crippen molar-refractivity contribution in [1.29, 1.82) is 0 Å². The summed E-state index contributed by atoms with van der Waals surface area (Å²) in [7, 11) is 0. The lowest BCUT2D eigenvalue weighted by atomic mass is 9.87. The zero-order valence-electron chi connectivity index (χ0n) is 10.4. The summed E-state index contributed by atoms with van der Waals surface area (Å²) in [6, 6.07) is 5.95. The molecule has 18 heavy (non-hydrogen) atoms. The highest BCUT2D eigenvalue weighted by atomic mass is 35.5. The van der Waals surface area contributed by atoms with Crippen LogP contribution in [0.3, 0.4) is 0 Å². The minimum Gasteiger partial charge on any atom is -0.316 e. The highest BCUT2D eigenvalue weighted by molar-refractivity contribution is 6.42. The molecule has 2 aliphatic rings. The Labute approximate surface area is 118 Å². The van der Waals surface area contributed by atoms with Gasteiger partial charge in [-0.25, -0.2) is 0 Å². The third-order valence-electron chi connectivity index (χ3n) is 4.24. The molecule has 98 valence electrons. The van der Waals surface area contributed by atoms with E-state index in [-0.39, 0.29) is 0 Å². The molecular formula is C14H18Cl2N2.